The van der Waals surface area contributed by atoms with Crippen LogP contribution in [0.3, 0.4) is 0 Å². The fourth-order valence-corrected chi connectivity index (χ4v) is 2.40. The van der Waals surface area contributed by atoms with Gasteiger partial charge in [0.1, 0.15) is 10.9 Å². The first-order valence-electron chi connectivity index (χ1n) is 5.89. The molecule has 0 aliphatic rings. The van der Waals surface area contributed by atoms with Gasteiger partial charge in [-0.15, -0.1) is 0 Å². The van der Waals surface area contributed by atoms with Crippen LogP contribution in [0.2, 0.25) is 5.15 Å². The van der Waals surface area contributed by atoms with Gasteiger partial charge in [-0.3, -0.25) is 0 Å². The van der Waals surface area contributed by atoms with Crippen LogP contribution in [-0.2, 0) is 0 Å². The quantitative estimate of drug-likeness (QED) is 0.760. The third kappa shape index (κ3) is 3.25. The van der Waals surface area contributed by atoms with Crippen molar-refractivity contribution in [1.29, 1.82) is 0 Å². The van der Waals surface area contributed by atoms with Crippen LogP contribution in [0.4, 0.5) is 0 Å². The van der Waals surface area contributed by atoms with Gasteiger partial charge < -0.3 is 4.74 Å². The van der Waals surface area contributed by atoms with Crippen molar-refractivity contribution in [2.45, 2.75) is 19.8 Å². The van der Waals surface area contributed by atoms with Crippen LogP contribution in [0.25, 0.3) is 11.4 Å². The molecule has 2 aromatic rings. The molecule has 100 valence electrons. The first kappa shape index (κ1) is 14.3. The zero-order valence-corrected chi connectivity index (χ0v) is 13.3. The van der Waals surface area contributed by atoms with Crippen LogP contribution in [0.1, 0.15) is 25.5 Å². The molecule has 1 heterocycles. The maximum Gasteiger partial charge on any atom is 0.161 e. The molecule has 5 heteroatoms. The summed E-state index contributed by atoms with van der Waals surface area (Å²) in [7, 11) is 1.63. The summed E-state index contributed by atoms with van der Waals surface area (Å²) in [4.78, 5) is 8.82. The third-order valence-corrected chi connectivity index (χ3v) is 3.53. The Bertz CT molecular complexity index is 602. The highest BCUT2D eigenvalue weighted by molar-refractivity contribution is 9.10. The van der Waals surface area contributed by atoms with Crippen molar-refractivity contribution in [2.24, 2.45) is 0 Å². The Labute approximate surface area is 126 Å². The van der Waals surface area contributed by atoms with E-state index in [-0.39, 0.29) is 0 Å². The summed E-state index contributed by atoms with van der Waals surface area (Å²) in [6.07, 6.45) is 0. The Hall–Kier alpha value is -1.13. The Morgan fingerprint density at radius 1 is 1.21 bits per heavy atom. The van der Waals surface area contributed by atoms with E-state index >= 15 is 0 Å². The molecule has 0 bridgehead atoms. The number of aromatic nitrogens is 2. The molecule has 0 spiro atoms. The third-order valence-electron chi connectivity index (χ3n) is 2.72. The highest BCUT2D eigenvalue weighted by Crippen LogP contribution is 2.30. The zero-order valence-electron chi connectivity index (χ0n) is 10.9. The molecule has 0 aliphatic heterocycles. The molecular formula is C14H14BrClN2O. The average Bonchev–Trinajstić information content (AvgIpc) is 2.37. The molecule has 0 fully saturated rings. The van der Waals surface area contributed by atoms with Gasteiger partial charge in [0.25, 0.3) is 0 Å². The van der Waals surface area contributed by atoms with Crippen molar-refractivity contribution in [1.82, 2.24) is 9.97 Å². The number of nitrogens with zero attached hydrogens (tertiary/aromatic N) is 2. The van der Waals surface area contributed by atoms with Crippen molar-refractivity contribution in [3.8, 4) is 17.1 Å². The van der Waals surface area contributed by atoms with E-state index in [1.807, 2.05) is 18.2 Å². The maximum atomic E-state index is 6.05. The summed E-state index contributed by atoms with van der Waals surface area (Å²) in [5.41, 5.74) is 1.83. The Morgan fingerprint density at radius 3 is 2.53 bits per heavy atom. The standard InChI is InChI=1S/C14H14BrClN2O/c1-8(2)11-7-13(16)18-14(17-11)9-4-5-12(19-3)10(15)6-9/h4-8H,1-3H3. The van der Waals surface area contributed by atoms with Gasteiger partial charge >= 0.3 is 0 Å². The van der Waals surface area contributed by atoms with Crippen LogP contribution in [0, 0.1) is 0 Å². The number of benzene rings is 1. The largest absolute Gasteiger partial charge is 0.496 e. The lowest BCUT2D eigenvalue weighted by Gasteiger charge is -2.09. The highest BCUT2D eigenvalue weighted by Gasteiger charge is 2.10. The summed E-state index contributed by atoms with van der Waals surface area (Å²) in [5, 5.41) is 0.459. The number of hydrogen-bond donors (Lipinski definition) is 0. The number of halogens is 2. The summed E-state index contributed by atoms with van der Waals surface area (Å²) in [6, 6.07) is 7.51. The predicted molar refractivity (Wildman–Crippen MR) is 80.8 cm³/mol. The second-order valence-electron chi connectivity index (χ2n) is 4.44. The monoisotopic (exact) mass is 340 g/mol. The molecule has 19 heavy (non-hydrogen) atoms. The van der Waals surface area contributed by atoms with Gasteiger partial charge in [-0.1, -0.05) is 25.4 Å². The normalized spacial score (nSPS) is 10.8. The van der Waals surface area contributed by atoms with E-state index in [9.17, 15) is 0 Å². The van der Waals surface area contributed by atoms with Crippen LogP contribution >= 0.6 is 27.5 Å². The van der Waals surface area contributed by atoms with E-state index in [1.165, 1.54) is 0 Å². The molecule has 0 radical (unpaired) electrons. The van der Waals surface area contributed by atoms with Crippen molar-refractivity contribution in [3.05, 3.63) is 39.6 Å². The average molecular weight is 342 g/mol. The van der Waals surface area contributed by atoms with E-state index < -0.39 is 0 Å². The lowest BCUT2D eigenvalue weighted by molar-refractivity contribution is 0.412. The summed E-state index contributed by atoms with van der Waals surface area (Å²) in [5.74, 6) is 1.70. The lowest BCUT2D eigenvalue weighted by atomic mass is 10.1. The molecule has 1 aromatic heterocycles. The van der Waals surface area contributed by atoms with Crippen LogP contribution in [-0.4, -0.2) is 17.1 Å². The fraction of sp³-hybridized carbons (Fsp3) is 0.286. The van der Waals surface area contributed by atoms with Crippen molar-refractivity contribution in [2.75, 3.05) is 7.11 Å². The molecule has 3 nitrogen and oxygen atoms in total. The molecule has 0 amide bonds. The van der Waals surface area contributed by atoms with Crippen molar-refractivity contribution >= 4 is 27.5 Å². The summed E-state index contributed by atoms with van der Waals surface area (Å²) < 4.78 is 6.07. The van der Waals surface area contributed by atoms with E-state index in [2.05, 4.69) is 39.7 Å². The van der Waals surface area contributed by atoms with Crippen LogP contribution in [0.15, 0.2) is 28.7 Å². The molecule has 0 saturated carbocycles. The summed E-state index contributed by atoms with van der Waals surface area (Å²) >= 11 is 9.51. The minimum absolute atomic E-state index is 0.306. The molecule has 0 unspecified atom stereocenters. The van der Waals surface area contributed by atoms with E-state index in [1.54, 1.807) is 13.2 Å². The van der Waals surface area contributed by atoms with Gasteiger partial charge in [-0.2, -0.15) is 0 Å². The number of ether oxygens (including phenoxy) is 1. The Kier molecular flexibility index (Phi) is 4.42. The van der Waals surface area contributed by atoms with Crippen LogP contribution < -0.4 is 4.74 Å². The van der Waals surface area contributed by atoms with Crippen molar-refractivity contribution in [3.63, 3.8) is 0 Å². The van der Waals surface area contributed by atoms with Crippen LogP contribution in [0.5, 0.6) is 5.75 Å². The molecule has 1 aromatic carbocycles. The Morgan fingerprint density at radius 2 is 1.95 bits per heavy atom. The van der Waals surface area contributed by atoms with Gasteiger partial charge in [0.2, 0.25) is 0 Å². The molecular weight excluding hydrogens is 328 g/mol. The van der Waals surface area contributed by atoms with Crippen molar-refractivity contribution < 1.29 is 4.74 Å². The smallest absolute Gasteiger partial charge is 0.161 e. The number of rotatable bonds is 3. The highest BCUT2D eigenvalue weighted by atomic mass is 79.9. The van der Waals surface area contributed by atoms with Gasteiger partial charge in [-0.25, -0.2) is 9.97 Å². The Balaban J connectivity index is 2.49. The molecule has 0 atom stereocenters. The van der Waals surface area contributed by atoms with Gasteiger partial charge in [0.05, 0.1) is 11.6 Å². The van der Waals surface area contributed by atoms with Gasteiger partial charge in [0, 0.05) is 11.3 Å². The first-order chi connectivity index (χ1) is 9.01. The maximum absolute atomic E-state index is 6.05. The van der Waals surface area contributed by atoms with E-state index in [0.717, 1.165) is 21.5 Å². The molecule has 2 rings (SSSR count). The first-order valence-corrected chi connectivity index (χ1v) is 7.06. The predicted octanol–water partition coefficient (Wildman–Crippen LogP) is 4.69. The molecule has 0 aliphatic carbocycles. The second kappa shape index (κ2) is 5.88. The number of hydrogen-bond acceptors (Lipinski definition) is 3. The van der Waals surface area contributed by atoms with Gasteiger partial charge in [0.15, 0.2) is 5.82 Å². The molecule has 0 saturated heterocycles. The fourth-order valence-electron chi connectivity index (χ4n) is 1.67. The lowest BCUT2D eigenvalue weighted by Crippen LogP contribution is -1.98. The zero-order chi connectivity index (χ0) is 14.0. The summed E-state index contributed by atoms with van der Waals surface area (Å²) in [6.45, 7) is 4.15. The topological polar surface area (TPSA) is 35.0 Å². The SMILES string of the molecule is COc1ccc(-c2nc(Cl)cc(C(C)C)n2)cc1Br. The minimum Gasteiger partial charge on any atom is -0.496 e. The second-order valence-corrected chi connectivity index (χ2v) is 5.68. The number of methoxy groups -OCH3 is 1. The minimum atomic E-state index is 0.306. The van der Waals surface area contributed by atoms with E-state index in [4.69, 9.17) is 16.3 Å². The van der Waals surface area contributed by atoms with E-state index in [0.29, 0.717) is 16.9 Å². The van der Waals surface area contributed by atoms with Gasteiger partial charge in [-0.05, 0) is 46.1 Å². The molecule has 0 N–H and O–H groups in total.